The maximum Gasteiger partial charge on any atom is 0.249 e. The van der Waals surface area contributed by atoms with Crippen LogP contribution in [0.25, 0.3) is 0 Å². The highest BCUT2D eigenvalue weighted by atomic mass is 16.2. The van der Waals surface area contributed by atoms with E-state index in [-0.39, 0.29) is 11.7 Å². The monoisotopic (exact) mass is 322 g/mol. The zero-order chi connectivity index (χ0) is 16.9. The molecule has 1 N–H and O–H groups in total. The smallest absolute Gasteiger partial charge is 0.249 e. The average Bonchev–Trinajstić information content (AvgIpc) is 3.15. The predicted molar refractivity (Wildman–Crippen MR) is 95.1 cm³/mol. The number of nitrogens with zero attached hydrogens (tertiary/aromatic N) is 1. The van der Waals surface area contributed by atoms with E-state index in [2.05, 4.69) is 5.32 Å². The molecular weight excluding hydrogens is 300 g/mol. The van der Waals surface area contributed by atoms with Crippen molar-refractivity contribution in [1.29, 1.82) is 0 Å². The number of amides is 1. The number of likely N-dealkylation sites (tertiary alicyclic amines) is 1. The third-order valence-corrected chi connectivity index (χ3v) is 4.38. The van der Waals surface area contributed by atoms with Crippen molar-refractivity contribution in [3.8, 4) is 0 Å². The Kier molecular flexibility index (Phi) is 4.94. The summed E-state index contributed by atoms with van der Waals surface area (Å²) >= 11 is 0. The Morgan fingerprint density at radius 3 is 2.38 bits per heavy atom. The van der Waals surface area contributed by atoms with Gasteiger partial charge >= 0.3 is 0 Å². The van der Waals surface area contributed by atoms with Gasteiger partial charge in [0, 0.05) is 24.3 Å². The van der Waals surface area contributed by atoms with Crippen molar-refractivity contribution in [2.45, 2.75) is 25.8 Å². The van der Waals surface area contributed by atoms with E-state index in [4.69, 9.17) is 0 Å². The molecule has 0 unspecified atom stereocenters. The fourth-order valence-corrected chi connectivity index (χ4v) is 3.05. The van der Waals surface area contributed by atoms with E-state index in [0.717, 1.165) is 37.2 Å². The van der Waals surface area contributed by atoms with Crippen LogP contribution in [0.1, 0.15) is 41.7 Å². The van der Waals surface area contributed by atoms with Crippen LogP contribution < -0.4 is 5.32 Å². The van der Waals surface area contributed by atoms with Gasteiger partial charge in [0.15, 0.2) is 5.78 Å². The van der Waals surface area contributed by atoms with Crippen molar-refractivity contribution in [3.05, 3.63) is 65.7 Å². The molecule has 1 atom stereocenters. The van der Waals surface area contributed by atoms with Gasteiger partial charge in [0.2, 0.25) is 5.91 Å². The minimum Gasteiger partial charge on any atom is -0.370 e. The summed E-state index contributed by atoms with van der Waals surface area (Å²) in [4.78, 5) is 26.5. The number of Topliss-reactive ketones (excluding diaryl/α,β-unsaturated/α-hetero) is 1. The molecule has 0 bridgehead atoms. The molecule has 0 aromatic heterocycles. The number of nitrogens with one attached hydrogen (secondary N) is 1. The molecular formula is C20H22N2O2. The SMILES string of the molecule is CC(=O)c1cccc(N[C@@H](C(=O)N2CCCC2)c2ccccc2)c1. The second-order valence-corrected chi connectivity index (χ2v) is 6.16. The van der Waals surface area contributed by atoms with Gasteiger partial charge in [-0.15, -0.1) is 0 Å². The molecule has 4 heteroatoms. The fourth-order valence-electron chi connectivity index (χ4n) is 3.05. The molecule has 1 heterocycles. The lowest BCUT2D eigenvalue weighted by Gasteiger charge is -2.25. The Labute approximate surface area is 142 Å². The first-order valence-electron chi connectivity index (χ1n) is 8.36. The van der Waals surface area contributed by atoms with Crippen LogP contribution in [0.2, 0.25) is 0 Å². The molecule has 1 fully saturated rings. The average molecular weight is 322 g/mol. The summed E-state index contributed by atoms with van der Waals surface area (Å²) in [5, 5.41) is 3.32. The summed E-state index contributed by atoms with van der Waals surface area (Å²) in [7, 11) is 0. The maximum absolute atomic E-state index is 13.0. The van der Waals surface area contributed by atoms with E-state index < -0.39 is 6.04 Å². The molecule has 1 saturated heterocycles. The quantitative estimate of drug-likeness (QED) is 0.855. The second kappa shape index (κ2) is 7.30. The zero-order valence-electron chi connectivity index (χ0n) is 13.9. The fraction of sp³-hybridized carbons (Fsp3) is 0.300. The topological polar surface area (TPSA) is 49.4 Å². The summed E-state index contributed by atoms with van der Waals surface area (Å²) < 4.78 is 0. The molecule has 1 amide bonds. The molecule has 124 valence electrons. The van der Waals surface area contributed by atoms with Crippen LogP contribution in [0.5, 0.6) is 0 Å². The van der Waals surface area contributed by atoms with Crippen LogP contribution in [-0.4, -0.2) is 29.7 Å². The molecule has 4 nitrogen and oxygen atoms in total. The third kappa shape index (κ3) is 3.65. The molecule has 24 heavy (non-hydrogen) atoms. The Morgan fingerprint density at radius 1 is 1.00 bits per heavy atom. The number of rotatable bonds is 5. The van der Waals surface area contributed by atoms with Gasteiger partial charge in [0.05, 0.1) is 0 Å². The Balaban J connectivity index is 1.88. The van der Waals surface area contributed by atoms with Gasteiger partial charge in [-0.2, -0.15) is 0 Å². The predicted octanol–water partition coefficient (Wildman–Crippen LogP) is 3.66. The minimum atomic E-state index is -0.438. The highest BCUT2D eigenvalue weighted by Gasteiger charge is 2.27. The summed E-state index contributed by atoms with van der Waals surface area (Å²) in [6, 6.07) is 16.6. The van der Waals surface area contributed by atoms with Crippen molar-refractivity contribution in [1.82, 2.24) is 4.90 Å². The Hall–Kier alpha value is -2.62. The van der Waals surface area contributed by atoms with Gasteiger partial charge in [-0.05, 0) is 37.5 Å². The van der Waals surface area contributed by atoms with E-state index in [9.17, 15) is 9.59 Å². The highest BCUT2D eigenvalue weighted by molar-refractivity contribution is 5.95. The van der Waals surface area contributed by atoms with Crippen LogP contribution in [0.15, 0.2) is 54.6 Å². The minimum absolute atomic E-state index is 0.0146. The van der Waals surface area contributed by atoms with Crippen molar-refractivity contribution in [3.63, 3.8) is 0 Å². The van der Waals surface area contributed by atoms with Gasteiger partial charge < -0.3 is 10.2 Å². The Bertz CT molecular complexity index is 721. The number of carbonyl (C=O) groups excluding carboxylic acids is 2. The largest absolute Gasteiger partial charge is 0.370 e. The standard InChI is InChI=1S/C20H22N2O2/c1-15(23)17-10-7-11-18(14-17)21-19(16-8-3-2-4-9-16)20(24)22-12-5-6-13-22/h2-4,7-11,14,19,21H,5-6,12-13H2,1H3/t19-/m1/s1. The molecule has 3 rings (SSSR count). The van der Waals surface area contributed by atoms with E-state index in [0.29, 0.717) is 5.56 Å². The van der Waals surface area contributed by atoms with Gasteiger partial charge in [-0.25, -0.2) is 0 Å². The zero-order valence-corrected chi connectivity index (χ0v) is 13.9. The maximum atomic E-state index is 13.0. The Morgan fingerprint density at radius 2 is 1.71 bits per heavy atom. The molecule has 2 aromatic carbocycles. The van der Waals surface area contributed by atoms with Crippen LogP contribution in [-0.2, 0) is 4.79 Å². The van der Waals surface area contributed by atoms with E-state index >= 15 is 0 Å². The lowest BCUT2D eigenvalue weighted by molar-refractivity contribution is -0.131. The lowest BCUT2D eigenvalue weighted by Crippen LogP contribution is -2.36. The van der Waals surface area contributed by atoms with Gasteiger partial charge in [0.25, 0.3) is 0 Å². The molecule has 1 aliphatic heterocycles. The first kappa shape index (κ1) is 16.2. The number of hydrogen-bond donors (Lipinski definition) is 1. The molecule has 0 saturated carbocycles. The molecule has 0 aliphatic carbocycles. The summed E-state index contributed by atoms with van der Waals surface area (Å²) in [5.41, 5.74) is 2.35. The van der Waals surface area contributed by atoms with Crippen LogP contribution >= 0.6 is 0 Å². The normalized spacial score (nSPS) is 15.1. The molecule has 2 aromatic rings. The first-order valence-corrected chi connectivity index (χ1v) is 8.36. The van der Waals surface area contributed by atoms with E-state index in [1.54, 1.807) is 19.1 Å². The van der Waals surface area contributed by atoms with Gasteiger partial charge in [0.1, 0.15) is 6.04 Å². The number of carbonyl (C=O) groups is 2. The number of hydrogen-bond acceptors (Lipinski definition) is 3. The van der Waals surface area contributed by atoms with Crippen LogP contribution in [0.3, 0.4) is 0 Å². The van der Waals surface area contributed by atoms with Gasteiger partial charge in [-0.1, -0.05) is 42.5 Å². The van der Waals surface area contributed by atoms with Crippen molar-refractivity contribution >= 4 is 17.4 Å². The van der Waals surface area contributed by atoms with Crippen LogP contribution in [0, 0.1) is 0 Å². The first-order chi connectivity index (χ1) is 11.6. The summed E-state index contributed by atoms with van der Waals surface area (Å²) in [6.45, 7) is 3.18. The lowest BCUT2D eigenvalue weighted by atomic mass is 10.0. The molecule has 0 spiro atoms. The second-order valence-electron chi connectivity index (χ2n) is 6.16. The summed E-state index contributed by atoms with van der Waals surface area (Å²) in [6.07, 6.45) is 2.13. The van der Waals surface area contributed by atoms with Gasteiger partial charge in [-0.3, -0.25) is 9.59 Å². The van der Waals surface area contributed by atoms with Crippen molar-refractivity contribution in [2.75, 3.05) is 18.4 Å². The van der Waals surface area contributed by atoms with E-state index in [1.165, 1.54) is 0 Å². The third-order valence-electron chi connectivity index (χ3n) is 4.38. The number of benzene rings is 2. The van der Waals surface area contributed by atoms with Crippen molar-refractivity contribution < 1.29 is 9.59 Å². The van der Waals surface area contributed by atoms with E-state index in [1.807, 2.05) is 47.4 Å². The number of ketones is 1. The highest BCUT2D eigenvalue weighted by Crippen LogP contribution is 2.24. The molecule has 1 aliphatic rings. The van der Waals surface area contributed by atoms with Crippen LogP contribution in [0.4, 0.5) is 5.69 Å². The van der Waals surface area contributed by atoms with Crippen molar-refractivity contribution in [2.24, 2.45) is 0 Å². The molecule has 0 radical (unpaired) electrons. The number of anilines is 1. The summed E-state index contributed by atoms with van der Waals surface area (Å²) in [5.74, 6) is 0.104.